The molecule has 1 N–H and O–H groups in total. The molecular formula is C16H22ClNO2. The van der Waals surface area contributed by atoms with E-state index in [0.717, 1.165) is 30.8 Å². The first-order valence-electron chi connectivity index (χ1n) is 7.21. The van der Waals surface area contributed by atoms with Crippen LogP contribution >= 0.6 is 11.6 Å². The number of hydrogen-bond donors (Lipinski definition) is 1. The number of carbonyl (C=O) groups is 1. The molecule has 0 amide bonds. The van der Waals surface area contributed by atoms with Crippen LogP contribution in [-0.4, -0.2) is 29.1 Å². The SMILES string of the molecule is CCCC1(C(=O)O)CCN(C(C)c2ccc(Cl)cc2)C1. The van der Waals surface area contributed by atoms with Crippen molar-refractivity contribution in [1.82, 2.24) is 4.90 Å². The highest BCUT2D eigenvalue weighted by atomic mass is 35.5. The van der Waals surface area contributed by atoms with Crippen LogP contribution in [0.1, 0.15) is 44.7 Å². The molecule has 0 aliphatic carbocycles. The summed E-state index contributed by atoms with van der Waals surface area (Å²) < 4.78 is 0. The van der Waals surface area contributed by atoms with Crippen LogP contribution in [0.25, 0.3) is 0 Å². The molecule has 1 aromatic carbocycles. The third-order valence-corrected chi connectivity index (χ3v) is 4.72. The molecule has 0 radical (unpaired) electrons. The van der Waals surface area contributed by atoms with Crippen LogP contribution in [0.4, 0.5) is 0 Å². The van der Waals surface area contributed by atoms with Crippen molar-refractivity contribution in [2.75, 3.05) is 13.1 Å². The van der Waals surface area contributed by atoms with Crippen molar-refractivity contribution in [3.63, 3.8) is 0 Å². The van der Waals surface area contributed by atoms with Crippen LogP contribution in [0, 0.1) is 5.41 Å². The summed E-state index contributed by atoms with van der Waals surface area (Å²) in [4.78, 5) is 13.9. The van der Waals surface area contributed by atoms with Crippen LogP contribution in [0.3, 0.4) is 0 Å². The summed E-state index contributed by atoms with van der Waals surface area (Å²) in [6, 6.07) is 8.05. The predicted molar refractivity (Wildman–Crippen MR) is 81.0 cm³/mol. The lowest BCUT2D eigenvalue weighted by Gasteiger charge is -2.28. The molecule has 1 saturated heterocycles. The Bertz CT molecular complexity index is 474. The van der Waals surface area contributed by atoms with Gasteiger partial charge < -0.3 is 5.11 Å². The van der Waals surface area contributed by atoms with Gasteiger partial charge in [0.15, 0.2) is 0 Å². The average Bonchev–Trinajstić information content (AvgIpc) is 2.85. The highest BCUT2D eigenvalue weighted by Gasteiger charge is 2.45. The summed E-state index contributed by atoms with van der Waals surface area (Å²) in [5.41, 5.74) is 0.627. The zero-order valence-corrected chi connectivity index (χ0v) is 12.9. The first-order chi connectivity index (χ1) is 9.48. The first kappa shape index (κ1) is 15.3. The fourth-order valence-electron chi connectivity index (χ4n) is 3.15. The van der Waals surface area contributed by atoms with E-state index in [1.165, 1.54) is 5.56 Å². The third kappa shape index (κ3) is 2.99. The molecule has 2 rings (SSSR count). The van der Waals surface area contributed by atoms with Gasteiger partial charge in [0.05, 0.1) is 5.41 Å². The Kier molecular flexibility index (Phi) is 4.71. The Labute approximate surface area is 125 Å². The lowest BCUT2D eigenvalue weighted by Crippen LogP contribution is -2.35. The van der Waals surface area contributed by atoms with E-state index < -0.39 is 11.4 Å². The van der Waals surface area contributed by atoms with Gasteiger partial charge in [-0.15, -0.1) is 0 Å². The minimum absolute atomic E-state index is 0.227. The molecule has 1 heterocycles. The molecule has 0 spiro atoms. The maximum atomic E-state index is 11.6. The predicted octanol–water partition coefficient (Wildman–Crippen LogP) is 3.98. The summed E-state index contributed by atoms with van der Waals surface area (Å²) >= 11 is 5.91. The molecule has 2 atom stereocenters. The number of benzene rings is 1. The van der Waals surface area contributed by atoms with Crippen molar-refractivity contribution >= 4 is 17.6 Å². The molecule has 2 unspecified atom stereocenters. The standard InChI is InChI=1S/C16H22ClNO2/c1-3-8-16(15(19)20)9-10-18(11-16)12(2)13-4-6-14(17)7-5-13/h4-7,12H,3,8-11H2,1-2H3,(H,19,20). The molecule has 1 aliphatic rings. The van der Waals surface area contributed by atoms with Crippen LogP contribution in [-0.2, 0) is 4.79 Å². The second kappa shape index (κ2) is 6.15. The van der Waals surface area contributed by atoms with Crippen LogP contribution in [0.15, 0.2) is 24.3 Å². The van der Waals surface area contributed by atoms with Crippen LogP contribution < -0.4 is 0 Å². The Balaban J connectivity index is 2.11. The molecule has 0 saturated carbocycles. The third-order valence-electron chi connectivity index (χ3n) is 4.47. The van der Waals surface area contributed by atoms with E-state index in [-0.39, 0.29) is 6.04 Å². The summed E-state index contributed by atoms with van der Waals surface area (Å²) in [6.07, 6.45) is 2.41. The Morgan fingerprint density at radius 1 is 1.45 bits per heavy atom. The van der Waals surface area contributed by atoms with Gasteiger partial charge in [-0.2, -0.15) is 0 Å². The van der Waals surface area contributed by atoms with Crippen LogP contribution in [0.5, 0.6) is 0 Å². The highest BCUT2D eigenvalue weighted by Crippen LogP contribution is 2.39. The number of carboxylic acids is 1. The lowest BCUT2D eigenvalue weighted by atomic mass is 9.82. The van der Waals surface area contributed by atoms with E-state index >= 15 is 0 Å². The summed E-state index contributed by atoms with van der Waals surface area (Å²) in [7, 11) is 0. The minimum atomic E-state index is -0.648. The Morgan fingerprint density at radius 2 is 2.10 bits per heavy atom. The van der Waals surface area contributed by atoms with E-state index in [4.69, 9.17) is 11.6 Å². The second-order valence-electron chi connectivity index (χ2n) is 5.78. The van der Waals surface area contributed by atoms with E-state index in [2.05, 4.69) is 18.7 Å². The van der Waals surface area contributed by atoms with E-state index in [9.17, 15) is 9.90 Å². The maximum absolute atomic E-state index is 11.6. The quantitative estimate of drug-likeness (QED) is 0.893. The molecular weight excluding hydrogens is 274 g/mol. The molecule has 1 aromatic rings. The number of rotatable bonds is 5. The van der Waals surface area contributed by atoms with Gasteiger partial charge in [-0.25, -0.2) is 0 Å². The van der Waals surface area contributed by atoms with Crippen molar-refractivity contribution in [3.05, 3.63) is 34.9 Å². The average molecular weight is 296 g/mol. The van der Waals surface area contributed by atoms with Crippen molar-refractivity contribution in [2.45, 2.75) is 39.2 Å². The first-order valence-corrected chi connectivity index (χ1v) is 7.59. The lowest BCUT2D eigenvalue weighted by molar-refractivity contribution is -0.148. The van der Waals surface area contributed by atoms with Gasteiger partial charge >= 0.3 is 5.97 Å². The zero-order valence-electron chi connectivity index (χ0n) is 12.1. The normalized spacial score (nSPS) is 24.8. The Morgan fingerprint density at radius 3 is 2.65 bits per heavy atom. The Hall–Kier alpha value is -1.06. The molecule has 110 valence electrons. The monoisotopic (exact) mass is 295 g/mol. The molecule has 4 heteroatoms. The summed E-state index contributed by atoms with van der Waals surface area (Å²) in [5, 5.41) is 10.3. The summed E-state index contributed by atoms with van der Waals surface area (Å²) in [6.45, 7) is 5.67. The number of nitrogens with zero attached hydrogens (tertiary/aromatic N) is 1. The fourth-order valence-corrected chi connectivity index (χ4v) is 3.28. The zero-order chi connectivity index (χ0) is 14.8. The van der Waals surface area contributed by atoms with Crippen molar-refractivity contribution in [1.29, 1.82) is 0 Å². The molecule has 0 bridgehead atoms. The number of carboxylic acid groups (broad SMARTS) is 1. The number of aliphatic carboxylic acids is 1. The van der Waals surface area contributed by atoms with Gasteiger partial charge in [0, 0.05) is 17.6 Å². The van der Waals surface area contributed by atoms with Gasteiger partial charge in [0.2, 0.25) is 0 Å². The van der Waals surface area contributed by atoms with Gasteiger partial charge in [-0.3, -0.25) is 9.69 Å². The van der Waals surface area contributed by atoms with E-state index in [0.29, 0.717) is 6.54 Å². The largest absolute Gasteiger partial charge is 0.481 e. The summed E-state index contributed by atoms with van der Waals surface area (Å²) in [5.74, 6) is -0.648. The number of hydrogen-bond acceptors (Lipinski definition) is 2. The van der Waals surface area contributed by atoms with Crippen molar-refractivity contribution in [3.8, 4) is 0 Å². The van der Waals surface area contributed by atoms with Gasteiger partial charge in [-0.1, -0.05) is 37.1 Å². The number of likely N-dealkylation sites (tertiary alicyclic amines) is 1. The molecule has 1 fully saturated rings. The fraction of sp³-hybridized carbons (Fsp3) is 0.562. The van der Waals surface area contributed by atoms with Crippen molar-refractivity contribution in [2.24, 2.45) is 5.41 Å². The second-order valence-corrected chi connectivity index (χ2v) is 6.22. The van der Waals surface area contributed by atoms with Gasteiger partial charge in [0.25, 0.3) is 0 Å². The molecule has 1 aliphatic heterocycles. The highest BCUT2D eigenvalue weighted by molar-refractivity contribution is 6.30. The minimum Gasteiger partial charge on any atom is -0.481 e. The van der Waals surface area contributed by atoms with Gasteiger partial charge in [-0.05, 0) is 44.0 Å². The smallest absolute Gasteiger partial charge is 0.310 e. The van der Waals surface area contributed by atoms with Crippen LogP contribution in [0.2, 0.25) is 5.02 Å². The molecule has 20 heavy (non-hydrogen) atoms. The molecule has 3 nitrogen and oxygen atoms in total. The maximum Gasteiger partial charge on any atom is 0.310 e. The van der Waals surface area contributed by atoms with E-state index in [1.807, 2.05) is 24.3 Å². The van der Waals surface area contributed by atoms with E-state index in [1.54, 1.807) is 0 Å². The van der Waals surface area contributed by atoms with Gasteiger partial charge in [0.1, 0.15) is 0 Å². The number of halogens is 1. The topological polar surface area (TPSA) is 40.5 Å². The van der Waals surface area contributed by atoms with Crippen molar-refractivity contribution < 1.29 is 9.90 Å². The molecule has 0 aromatic heterocycles.